The van der Waals surface area contributed by atoms with E-state index in [1.165, 1.54) is 0 Å². The Bertz CT molecular complexity index is 193. The Balaban J connectivity index is 2.46. The molecule has 1 aliphatic rings. The summed E-state index contributed by atoms with van der Waals surface area (Å²) < 4.78 is 5.03. The van der Waals surface area contributed by atoms with Crippen molar-refractivity contribution in [1.29, 1.82) is 0 Å². The lowest BCUT2D eigenvalue weighted by molar-refractivity contribution is -0.150. The number of carbonyl (C=O) groups excluding carboxylic acids is 1. The molecule has 1 atom stereocenters. The number of likely N-dealkylation sites (N-methyl/N-ethyl adjacent to an activating group) is 1. The van der Waals surface area contributed by atoms with Crippen LogP contribution < -0.4 is 5.32 Å². The van der Waals surface area contributed by atoms with Crippen LogP contribution in [-0.2, 0) is 9.53 Å². The van der Waals surface area contributed by atoms with Crippen LogP contribution >= 0.6 is 0 Å². The summed E-state index contributed by atoms with van der Waals surface area (Å²) in [6.45, 7) is 6.28. The summed E-state index contributed by atoms with van der Waals surface area (Å²) in [7, 11) is 2.00. The summed E-state index contributed by atoms with van der Waals surface area (Å²) in [6, 6.07) is 0.409. The quantitative estimate of drug-likeness (QED) is 0.645. The molecule has 0 aromatic rings. The lowest BCUT2D eigenvalue weighted by atomic mass is 10.1. The van der Waals surface area contributed by atoms with Gasteiger partial charge in [0, 0.05) is 19.1 Å². The molecule has 14 heavy (non-hydrogen) atoms. The van der Waals surface area contributed by atoms with Crippen LogP contribution in [0.25, 0.3) is 0 Å². The normalized spacial score (nSPS) is 19.1. The highest BCUT2D eigenvalue weighted by Crippen LogP contribution is 2.11. The zero-order valence-corrected chi connectivity index (χ0v) is 9.25. The standard InChI is InChI=1S/C10H20N2O2/c1-4-9(10(13)14-5-2)12(3)8-6-11-7-8/h8-9,11H,4-7H2,1-3H3. The Kier molecular flexibility index (Phi) is 4.35. The predicted molar refractivity (Wildman–Crippen MR) is 55.1 cm³/mol. The minimum Gasteiger partial charge on any atom is -0.465 e. The van der Waals surface area contributed by atoms with E-state index in [0.29, 0.717) is 12.6 Å². The largest absolute Gasteiger partial charge is 0.465 e. The van der Waals surface area contributed by atoms with Crippen molar-refractivity contribution in [3.63, 3.8) is 0 Å². The Labute approximate surface area is 85.6 Å². The van der Waals surface area contributed by atoms with Crippen LogP contribution in [0.15, 0.2) is 0 Å². The third-order valence-corrected chi connectivity index (χ3v) is 2.77. The molecule has 1 unspecified atom stereocenters. The maximum Gasteiger partial charge on any atom is 0.323 e. The minimum absolute atomic E-state index is 0.0814. The Morgan fingerprint density at radius 2 is 2.21 bits per heavy atom. The number of esters is 1. The van der Waals surface area contributed by atoms with E-state index in [0.717, 1.165) is 19.5 Å². The summed E-state index contributed by atoms with van der Waals surface area (Å²) in [5.74, 6) is -0.0931. The van der Waals surface area contributed by atoms with Crippen molar-refractivity contribution >= 4 is 5.97 Å². The van der Waals surface area contributed by atoms with E-state index in [9.17, 15) is 4.79 Å². The third kappa shape index (κ3) is 2.45. The molecule has 0 bridgehead atoms. The average Bonchev–Trinajstić information content (AvgIpc) is 2.02. The van der Waals surface area contributed by atoms with Crippen molar-refractivity contribution < 1.29 is 9.53 Å². The SMILES string of the molecule is CCOC(=O)C(CC)N(C)C1CNC1. The zero-order valence-electron chi connectivity index (χ0n) is 9.25. The van der Waals surface area contributed by atoms with Crippen LogP contribution in [0.3, 0.4) is 0 Å². The molecule has 1 saturated heterocycles. The van der Waals surface area contributed by atoms with Gasteiger partial charge in [0.15, 0.2) is 0 Å². The highest BCUT2D eigenvalue weighted by Gasteiger charge is 2.31. The molecular formula is C10H20N2O2. The number of hydrogen-bond acceptors (Lipinski definition) is 4. The maximum atomic E-state index is 11.6. The van der Waals surface area contributed by atoms with E-state index in [-0.39, 0.29) is 12.0 Å². The second-order valence-electron chi connectivity index (χ2n) is 3.65. The predicted octanol–water partition coefficient (Wildman–Crippen LogP) is 0.232. The van der Waals surface area contributed by atoms with Gasteiger partial charge >= 0.3 is 5.97 Å². The van der Waals surface area contributed by atoms with Crippen LogP contribution in [0.4, 0.5) is 0 Å². The molecule has 82 valence electrons. The van der Waals surface area contributed by atoms with Crippen molar-refractivity contribution in [2.24, 2.45) is 0 Å². The molecule has 1 heterocycles. The van der Waals surface area contributed by atoms with Gasteiger partial charge in [-0.25, -0.2) is 0 Å². The molecule has 0 aliphatic carbocycles. The summed E-state index contributed by atoms with van der Waals surface area (Å²) in [6.07, 6.45) is 0.811. The van der Waals surface area contributed by atoms with E-state index in [4.69, 9.17) is 4.74 Å². The van der Waals surface area contributed by atoms with Gasteiger partial charge < -0.3 is 10.1 Å². The van der Waals surface area contributed by atoms with Crippen molar-refractivity contribution in [3.8, 4) is 0 Å². The molecule has 1 rings (SSSR count). The lowest BCUT2D eigenvalue weighted by Crippen LogP contribution is -2.60. The van der Waals surface area contributed by atoms with Crippen molar-refractivity contribution in [3.05, 3.63) is 0 Å². The molecule has 0 radical (unpaired) electrons. The van der Waals surface area contributed by atoms with Gasteiger partial charge in [0.25, 0.3) is 0 Å². The molecule has 1 N–H and O–H groups in total. The Hall–Kier alpha value is -0.610. The third-order valence-electron chi connectivity index (χ3n) is 2.77. The number of ether oxygens (including phenoxy) is 1. The summed E-state index contributed by atoms with van der Waals surface area (Å²) in [4.78, 5) is 13.7. The summed E-state index contributed by atoms with van der Waals surface area (Å²) in [5.41, 5.74) is 0. The van der Waals surface area contributed by atoms with E-state index >= 15 is 0 Å². The number of nitrogens with one attached hydrogen (secondary N) is 1. The van der Waals surface area contributed by atoms with Gasteiger partial charge in [0.05, 0.1) is 6.61 Å². The highest BCUT2D eigenvalue weighted by atomic mass is 16.5. The average molecular weight is 200 g/mol. The molecule has 0 aromatic carbocycles. The monoisotopic (exact) mass is 200 g/mol. The van der Waals surface area contributed by atoms with Gasteiger partial charge in [-0.1, -0.05) is 6.92 Å². The number of hydrogen-bond donors (Lipinski definition) is 1. The van der Waals surface area contributed by atoms with Crippen molar-refractivity contribution in [1.82, 2.24) is 10.2 Å². The molecule has 0 spiro atoms. The molecule has 1 aliphatic heterocycles. The molecule has 0 saturated carbocycles. The van der Waals surface area contributed by atoms with Crippen molar-refractivity contribution in [2.75, 3.05) is 26.7 Å². The Morgan fingerprint density at radius 1 is 1.57 bits per heavy atom. The minimum atomic E-state index is -0.0931. The van der Waals surface area contributed by atoms with E-state index in [2.05, 4.69) is 10.2 Å². The van der Waals surface area contributed by atoms with E-state index in [1.807, 2.05) is 20.9 Å². The van der Waals surface area contributed by atoms with Crippen LogP contribution in [0.1, 0.15) is 20.3 Å². The zero-order chi connectivity index (χ0) is 10.6. The number of rotatable bonds is 5. The maximum absolute atomic E-state index is 11.6. The fourth-order valence-electron chi connectivity index (χ4n) is 1.68. The smallest absolute Gasteiger partial charge is 0.323 e. The summed E-state index contributed by atoms with van der Waals surface area (Å²) >= 11 is 0. The van der Waals surface area contributed by atoms with Gasteiger partial charge in [0.2, 0.25) is 0 Å². The lowest BCUT2D eigenvalue weighted by Gasteiger charge is -2.39. The van der Waals surface area contributed by atoms with Crippen LogP contribution in [-0.4, -0.2) is 49.7 Å². The molecule has 1 fully saturated rings. The number of carbonyl (C=O) groups is 1. The molecule has 4 nitrogen and oxygen atoms in total. The Morgan fingerprint density at radius 3 is 2.57 bits per heavy atom. The highest BCUT2D eigenvalue weighted by molar-refractivity contribution is 5.75. The summed E-state index contributed by atoms with van der Waals surface area (Å²) in [5, 5.41) is 3.20. The second kappa shape index (κ2) is 5.32. The fraction of sp³-hybridized carbons (Fsp3) is 0.900. The van der Waals surface area contributed by atoms with Gasteiger partial charge in [-0.05, 0) is 20.4 Å². The van der Waals surface area contributed by atoms with E-state index < -0.39 is 0 Å². The second-order valence-corrected chi connectivity index (χ2v) is 3.65. The molecular weight excluding hydrogens is 180 g/mol. The van der Waals surface area contributed by atoms with Gasteiger partial charge in [-0.3, -0.25) is 9.69 Å². The van der Waals surface area contributed by atoms with Crippen LogP contribution in [0, 0.1) is 0 Å². The fourth-order valence-corrected chi connectivity index (χ4v) is 1.68. The van der Waals surface area contributed by atoms with Crippen LogP contribution in [0.5, 0.6) is 0 Å². The first kappa shape index (κ1) is 11.5. The number of nitrogens with zero attached hydrogens (tertiary/aromatic N) is 1. The van der Waals surface area contributed by atoms with E-state index in [1.54, 1.807) is 0 Å². The first-order valence-corrected chi connectivity index (χ1v) is 5.30. The van der Waals surface area contributed by atoms with Gasteiger partial charge in [-0.2, -0.15) is 0 Å². The van der Waals surface area contributed by atoms with Crippen molar-refractivity contribution in [2.45, 2.75) is 32.4 Å². The molecule has 0 amide bonds. The first-order chi connectivity index (χ1) is 6.70. The van der Waals surface area contributed by atoms with Gasteiger partial charge in [-0.15, -0.1) is 0 Å². The first-order valence-electron chi connectivity index (χ1n) is 5.30. The van der Waals surface area contributed by atoms with Crippen LogP contribution in [0.2, 0.25) is 0 Å². The topological polar surface area (TPSA) is 41.6 Å². The molecule has 4 heteroatoms. The van der Waals surface area contributed by atoms with Gasteiger partial charge in [0.1, 0.15) is 6.04 Å². The molecule has 0 aromatic heterocycles.